The summed E-state index contributed by atoms with van der Waals surface area (Å²) in [6.45, 7) is 4.05. The molecule has 2 rings (SSSR count). The number of aliphatic hydroxyl groups is 1. The zero-order valence-corrected chi connectivity index (χ0v) is 18.5. The molecule has 2 unspecified atom stereocenters. The minimum Gasteiger partial charge on any atom is -0.497 e. The number of methoxy groups -OCH3 is 2. The van der Waals surface area contributed by atoms with Crippen LogP contribution in [0.25, 0.3) is 0 Å². The quantitative estimate of drug-likeness (QED) is 0.523. The molecule has 0 aliphatic heterocycles. The van der Waals surface area contributed by atoms with Crippen LogP contribution in [0.15, 0.2) is 42.5 Å². The van der Waals surface area contributed by atoms with Crippen molar-refractivity contribution in [1.29, 1.82) is 0 Å². The predicted molar refractivity (Wildman–Crippen MR) is 115 cm³/mol. The molecule has 0 aliphatic rings. The van der Waals surface area contributed by atoms with Crippen molar-refractivity contribution in [3.05, 3.63) is 59.7 Å². The normalized spacial score (nSPS) is 13.5. The average Bonchev–Trinajstić information content (AvgIpc) is 2.79. The Kier molecular flexibility index (Phi) is 12.7. The zero-order valence-electron chi connectivity index (χ0n) is 18.5. The SMILES string of the molecule is CC.COc1ccc(COC(CC(CO)OC)[C@@H](N)COc2cc(F)cc(F)c2)cc1. The molecule has 0 aliphatic carbocycles. The second kappa shape index (κ2) is 14.7. The average molecular weight is 442 g/mol. The van der Waals surface area contributed by atoms with Crippen LogP contribution in [0.3, 0.4) is 0 Å². The fraction of sp³-hybridized carbons (Fsp3) is 0.478. The van der Waals surface area contributed by atoms with E-state index in [1.165, 1.54) is 7.11 Å². The molecule has 2 aromatic carbocycles. The molecular weight excluding hydrogens is 408 g/mol. The monoisotopic (exact) mass is 441 g/mol. The Morgan fingerprint density at radius 3 is 2.10 bits per heavy atom. The van der Waals surface area contributed by atoms with Gasteiger partial charge in [-0.25, -0.2) is 8.78 Å². The lowest BCUT2D eigenvalue weighted by atomic mass is 10.1. The summed E-state index contributed by atoms with van der Waals surface area (Å²) in [4.78, 5) is 0. The third kappa shape index (κ3) is 9.61. The summed E-state index contributed by atoms with van der Waals surface area (Å²) >= 11 is 0. The minimum absolute atomic E-state index is 0.0297. The predicted octanol–water partition coefficient (Wildman–Crippen LogP) is 3.69. The molecule has 0 heterocycles. The molecular formula is C23H33F2NO5. The highest BCUT2D eigenvalue weighted by molar-refractivity contribution is 5.26. The van der Waals surface area contributed by atoms with E-state index in [0.717, 1.165) is 29.5 Å². The van der Waals surface area contributed by atoms with Gasteiger partial charge in [0.25, 0.3) is 0 Å². The maximum atomic E-state index is 13.3. The van der Waals surface area contributed by atoms with Gasteiger partial charge in [-0.15, -0.1) is 0 Å². The first-order chi connectivity index (χ1) is 14.9. The molecule has 0 aromatic heterocycles. The first-order valence-electron chi connectivity index (χ1n) is 10.2. The Labute approximate surface area is 182 Å². The molecule has 0 bridgehead atoms. The molecule has 2 aromatic rings. The molecule has 0 radical (unpaired) electrons. The van der Waals surface area contributed by atoms with E-state index >= 15 is 0 Å². The number of aliphatic hydroxyl groups excluding tert-OH is 1. The van der Waals surface area contributed by atoms with E-state index in [1.54, 1.807) is 7.11 Å². The summed E-state index contributed by atoms with van der Waals surface area (Å²) in [6.07, 6.45) is -0.660. The molecule has 0 fully saturated rings. The van der Waals surface area contributed by atoms with Gasteiger partial charge in [-0.1, -0.05) is 26.0 Å². The summed E-state index contributed by atoms with van der Waals surface area (Å²) in [6, 6.07) is 9.67. The number of nitrogens with two attached hydrogens (primary N) is 1. The van der Waals surface area contributed by atoms with E-state index in [2.05, 4.69) is 0 Å². The number of hydrogen-bond acceptors (Lipinski definition) is 6. The summed E-state index contributed by atoms with van der Waals surface area (Å²) < 4.78 is 48.3. The van der Waals surface area contributed by atoms with E-state index < -0.39 is 29.9 Å². The number of ether oxygens (including phenoxy) is 4. The number of rotatable bonds is 12. The Hall–Kier alpha value is -2.26. The van der Waals surface area contributed by atoms with Crippen molar-refractivity contribution in [3.63, 3.8) is 0 Å². The smallest absolute Gasteiger partial charge is 0.129 e. The molecule has 0 spiro atoms. The van der Waals surface area contributed by atoms with Crippen LogP contribution in [0, 0.1) is 11.6 Å². The highest BCUT2D eigenvalue weighted by Gasteiger charge is 2.24. The van der Waals surface area contributed by atoms with Crippen molar-refractivity contribution < 1.29 is 32.8 Å². The van der Waals surface area contributed by atoms with Gasteiger partial charge < -0.3 is 29.8 Å². The van der Waals surface area contributed by atoms with Crippen LogP contribution >= 0.6 is 0 Å². The maximum absolute atomic E-state index is 13.3. The Morgan fingerprint density at radius 1 is 0.968 bits per heavy atom. The topological polar surface area (TPSA) is 83.2 Å². The molecule has 0 saturated heterocycles. The fourth-order valence-corrected chi connectivity index (χ4v) is 2.71. The van der Waals surface area contributed by atoms with E-state index in [4.69, 9.17) is 24.7 Å². The lowest BCUT2D eigenvalue weighted by molar-refractivity contribution is -0.0409. The number of benzene rings is 2. The van der Waals surface area contributed by atoms with Crippen LogP contribution in [0.4, 0.5) is 8.78 Å². The summed E-state index contributed by atoms with van der Waals surface area (Å²) in [5, 5.41) is 9.42. The lowest BCUT2D eigenvalue weighted by Crippen LogP contribution is -2.44. The van der Waals surface area contributed by atoms with Crippen molar-refractivity contribution in [2.24, 2.45) is 5.73 Å². The molecule has 31 heavy (non-hydrogen) atoms. The minimum atomic E-state index is -0.736. The van der Waals surface area contributed by atoms with Gasteiger partial charge in [-0.05, 0) is 17.7 Å². The molecule has 3 atom stereocenters. The second-order valence-electron chi connectivity index (χ2n) is 6.55. The largest absolute Gasteiger partial charge is 0.497 e. The van der Waals surface area contributed by atoms with Crippen molar-refractivity contribution in [2.45, 2.75) is 45.1 Å². The van der Waals surface area contributed by atoms with Crippen molar-refractivity contribution >= 4 is 0 Å². The van der Waals surface area contributed by atoms with Crippen molar-refractivity contribution in [3.8, 4) is 11.5 Å². The fourth-order valence-electron chi connectivity index (χ4n) is 2.71. The van der Waals surface area contributed by atoms with Crippen LogP contribution in [-0.2, 0) is 16.1 Å². The standard InChI is InChI=1S/C21H27F2NO5.C2H6/c1-26-17-5-3-14(4-6-17)12-29-21(10-19(11-25)27-2)20(24)13-28-18-8-15(22)7-16(23)9-18;1-2/h3-9,19-21,25H,10-13,24H2,1-2H3;1-2H3/t19?,20-,21?;/m0./s1. The number of halogens is 2. The Balaban J connectivity index is 0.00000233. The van der Waals surface area contributed by atoms with Gasteiger partial charge in [0.1, 0.15) is 29.7 Å². The van der Waals surface area contributed by atoms with Crippen molar-refractivity contribution in [2.75, 3.05) is 27.4 Å². The van der Waals surface area contributed by atoms with E-state index in [1.807, 2.05) is 38.1 Å². The molecule has 8 heteroatoms. The van der Waals surface area contributed by atoms with Crippen LogP contribution < -0.4 is 15.2 Å². The van der Waals surface area contributed by atoms with E-state index in [-0.39, 0.29) is 25.6 Å². The molecule has 6 nitrogen and oxygen atoms in total. The van der Waals surface area contributed by atoms with E-state index in [9.17, 15) is 13.9 Å². The first-order valence-corrected chi connectivity index (χ1v) is 10.2. The molecule has 0 saturated carbocycles. The van der Waals surface area contributed by atoms with Crippen LogP contribution in [0.2, 0.25) is 0 Å². The van der Waals surface area contributed by atoms with Crippen LogP contribution in [0.1, 0.15) is 25.8 Å². The van der Waals surface area contributed by atoms with Gasteiger partial charge in [0.2, 0.25) is 0 Å². The van der Waals surface area contributed by atoms with Crippen LogP contribution in [0.5, 0.6) is 11.5 Å². The Morgan fingerprint density at radius 2 is 1.58 bits per heavy atom. The van der Waals surface area contributed by atoms with Gasteiger partial charge in [-0.2, -0.15) is 0 Å². The third-order valence-corrected chi connectivity index (χ3v) is 4.41. The number of hydrogen-bond donors (Lipinski definition) is 2. The van der Waals surface area contributed by atoms with Gasteiger partial charge in [0, 0.05) is 31.7 Å². The molecule has 0 amide bonds. The maximum Gasteiger partial charge on any atom is 0.129 e. The Bertz CT molecular complexity index is 721. The van der Waals surface area contributed by atoms with Gasteiger partial charge in [0.15, 0.2) is 0 Å². The van der Waals surface area contributed by atoms with Crippen molar-refractivity contribution in [1.82, 2.24) is 0 Å². The first kappa shape index (κ1) is 26.8. The summed E-state index contributed by atoms with van der Waals surface area (Å²) in [5.41, 5.74) is 7.13. The third-order valence-electron chi connectivity index (χ3n) is 4.41. The summed E-state index contributed by atoms with van der Waals surface area (Å²) in [5.74, 6) is -0.698. The van der Waals surface area contributed by atoms with Gasteiger partial charge >= 0.3 is 0 Å². The van der Waals surface area contributed by atoms with E-state index in [0.29, 0.717) is 6.42 Å². The van der Waals surface area contributed by atoms with Crippen LogP contribution in [-0.4, -0.2) is 50.8 Å². The highest BCUT2D eigenvalue weighted by atomic mass is 19.1. The highest BCUT2D eigenvalue weighted by Crippen LogP contribution is 2.18. The second-order valence-corrected chi connectivity index (χ2v) is 6.55. The van der Waals surface area contributed by atoms with Gasteiger partial charge in [0.05, 0.1) is 38.6 Å². The van der Waals surface area contributed by atoms with Gasteiger partial charge in [-0.3, -0.25) is 0 Å². The lowest BCUT2D eigenvalue weighted by Gasteiger charge is -2.27. The summed E-state index contributed by atoms with van der Waals surface area (Å²) in [7, 11) is 3.07. The molecule has 3 N–H and O–H groups in total. The molecule has 174 valence electrons. The zero-order chi connectivity index (χ0) is 23.2.